The van der Waals surface area contributed by atoms with Gasteiger partial charge in [0.05, 0.1) is 4.90 Å². The van der Waals surface area contributed by atoms with Crippen molar-refractivity contribution in [2.45, 2.75) is 50.5 Å². The summed E-state index contributed by atoms with van der Waals surface area (Å²) in [6.07, 6.45) is 3.61. The van der Waals surface area contributed by atoms with Gasteiger partial charge in [-0.2, -0.15) is 4.31 Å². The number of sulfonamides is 1. The van der Waals surface area contributed by atoms with Crippen molar-refractivity contribution in [2.75, 3.05) is 12.4 Å². The Kier molecular flexibility index (Phi) is 5.10. The second-order valence-corrected chi connectivity index (χ2v) is 7.75. The summed E-state index contributed by atoms with van der Waals surface area (Å²) in [5, 5.41) is 0. The molecule has 0 aliphatic carbocycles. The van der Waals surface area contributed by atoms with Crippen LogP contribution in [0, 0.1) is 13.8 Å². The fourth-order valence-corrected chi connectivity index (χ4v) is 5.03. The summed E-state index contributed by atoms with van der Waals surface area (Å²) in [5.74, 6) is 0.591. The van der Waals surface area contributed by atoms with E-state index < -0.39 is 10.0 Å². The number of benzene rings is 1. The summed E-state index contributed by atoms with van der Waals surface area (Å²) in [6, 6.07) is 5.72. The van der Waals surface area contributed by atoms with Crippen LogP contribution in [0.1, 0.15) is 36.8 Å². The first-order valence-electron chi connectivity index (χ1n) is 7.12. The molecule has 2 rings (SSSR count). The van der Waals surface area contributed by atoms with Crippen LogP contribution in [0.4, 0.5) is 0 Å². The average Bonchev–Trinajstić information content (AvgIpc) is 2.88. The van der Waals surface area contributed by atoms with Gasteiger partial charge in [-0.25, -0.2) is 8.42 Å². The molecule has 0 saturated carbocycles. The molecule has 0 amide bonds. The van der Waals surface area contributed by atoms with Gasteiger partial charge < -0.3 is 0 Å². The van der Waals surface area contributed by atoms with Crippen LogP contribution in [0.15, 0.2) is 23.1 Å². The van der Waals surface area contributed by atoms with Crippen LogP contribution in [-0.4, -0.2) is 31.2 Å². The molecular formula is C15H22ClNO2S. The fraction of sp³-hybridized carbons (Fsp3) is 0.600. The maximum atomic E-state index is 12.9. The van der Waals surface area contributed by atoms with E-state index in [-0.39, 0.29) is 6.04 Å². The molecule has 1 atom stereocenters. The number of nitrogens with zero attached hydrogens (tertiary/aromatic N) is 1. The minimum atomic E-state index is -3.38. The van der Waals surface area contributed by atoms with E-state index in [0.29, 0.717) is 17.3 Å². The van der Waals surface area contributed by atoms with E-state index in [4.69, 9.17) is 11.6 Å². The Bertz CT molecular complexity index is 571. The second kappa shape index (κ2) is 6.46. The molecule has 0 radical (unpaired) electrons. The third-order valence-corrected chi connectivity index (χ3v) is 6.29. The highest BCUT2D eigenvalue weighted by molar-refractivity contribution is 7.89. The lowest BCUT2D eigenvalue weighted by atomic mass is 10.1. The van der Waals surface area contributed by atoms with Crippen molar-refractivity contribution in [2.24, 2.45) is 0 Å². The number of halogens is 1. The Hall–Kier alpha value is -0.580. The largest absolute Gasteiger partial charge is 0.243 e. The Balaban J connectivity index is 2.31. The highest BCUT2D eigenvalue weighted by Crippen LogP contribution is 2.30. The smallest absolute Gasteiger partial charge is 0.207 e. The summed E-state index contributed by atoms with van der Waals surface area (Å²) >= 11 is 5.74. The number of alkyl halides is 1. The van der Waals surface area contributed by atoms with Gasteiger partial charge in [-0.15, -0.1) is 11.6 Å². The van der Waals surface area contributed by atoms with Crippen molar-refractivity contribution in [1.29, 1.82) is 0 Å². The molecule has 20 heavy (non-hydrogen) atoms. The van der Waals surface area contributed by atoms with E-state index in [0.717, 1.165) is 36.8 Å². The predicted octanol–water partition coefficient (Wildman–Crippen LogP) is 3.48. The summed E-state index contributed by atoms with van der Waals surface area (Å²) in [6.45, 7) is 4.41. The third kappa shape index (κ3) is 3.18. The Morgan fingerprint density at radius 1 is 1.35 bits per heavy atom. The molecule has 1 fully saturated rings. The van der Waals surface area contributed by atoms with Crippen LogP contribution < -0.4 is 0 Å². The third-order valence-electron chi connectivity index (χ3n) is 3.92. The summed E-state index contributed by atoms with van der Waals surface area (Å²) in [7, 11) is -3.38. The van der Waals surface area contributed by atoms with Gasteiger partial charge in [-0.05, 0) is 56.7 Å². The van der Waals surface area contributed by atoms with Crippen LogP contribution in [0.25, 0.3) is 0 Å². The van der Waals surface area contributed by atoms with Crippen molar-refractivity contribution >= 4 is 21.6 Å². The molecule has 1 unspecified atom stereocenters. The van der Waals surface area contributed by atoms with Gasteiger partial charge in [-0.3, -0.25) is 0 Å². The van der Waals surface area contributed by atoms with Crippen molar-refractivity contribution in [1.82, 2.24) is 4.31 Å². The van der Waals surface area contributed by atoms with Gasteiger partial charge in [0.1, 0.15) is 0 Å². The van der Waals surface area contributed by atoms with E-state index in [9.17, 15) is 8.42 Å². The van der Waals surface area contributed by atoms with E-state index in [2.05, 4.69) is 0 Å². The molecule has 1 aliphatic heterocycles. The highest BCUT2D eigenvalue weighted by Gasteiger charge is 2.35. The molecule has 1 aromatic carbocycles. The van der Waals surface area contributed by atoms with Crippen LogP contribution in [0.3, 0.4) is 0 Å². The number of hydrogen-bond acceptors (Lipinski definition) is 2. The van der Waals surface area contributed by atoms with Gasteiger partial charge in [-0.1, -0.05) is 12.1 Å². The Labute approximate surface area is 127 Å². The minimum absolute atomic E-state index is 0.110. The summed E-state index contributed by atoms with van der Waals surface area (Å²) in [5.41, 5.74) is 1.80. The molecule has 3 nitrogen and oxygen atoms in total. The molecule has 112 valence electrons. The zero-order valence-electron chi connectivity index (χ0n) is 12.1. The topological polar surface area (TPSA) is 37.4 Å². The number of hydrogen-bond donors (Lipinski definition) is 0. The second-order valence-electron chi connectivity index (χ2n) is 5.51. The molecule has 0 aromatic heterocycles. The first-order chi connectivity index (χ1) is 9.46. The normalized spacial score (nSPS) is 20.4. The van der Waals surface area contributed by atoms with Gasteiger partial charge in [0, 0.05) is 18.5 Å². The fourth-order valence-electron chi connectivity index (χ4n) is 2.84. The van der Waals surface area contributed by atoms with Gasteiger partial charge in [0.25, 0.3) is 0 Å². The molecule has 1 aliphatic rings. The lowest BCUT2D eigenvalue weighted by Crippen LogP contribution is -2.36. The van der Waals surface area contributed by atoms with E-state index in [1.807, 2.05) is 26.0 Å². The molecule has 0 spiro atoms. The minimum Gasteiger partial charge on any atom is -0.207 e. The van der Waals surface area contributed by atoms with Gasteiger partial charge in [0.2, 0.25) is 10.0 Å². The monoisotopic (exact) mass is 315 g/mol. The van der Waals surface area contributed by atoms with Crippen molar-refractivity contribution < 1.29 is 8.42 Å². The van der Waals surface area contributed by atoms with E-state index in [1.165, 1.54) is 0 Å². The van der Waals surface area contributed by atoms with Crippen molar-refractivity contribution in [3.8, 4) is 0 Å². The van der Waals surface area contributed by atoms with Crippen molar-refractivity contribution in [3.05, 3.63) is 29.3 Å². The maximum absolute atomic E-state index is 12.9. The quantitative estimate of drug-likeness (QED) is 0.780. The zero-order valence-corrected chi connectivity index (χ0v) is 13.7. The van der Waals surface area contributed by atoms with E-state index >= 15 is 0 Å². The van der Waals surface area contributed by atoms with Crippen LogP contribution in [0.2, 0.25) is 0 Å². The lowest BCUT2D eigenvalue weighted by molar-refractivity contribution is 0.368. The first kappa shape index (κ1) is 15.8. The van der Waals surface area contributed by atoms with E-state index in [1.54, 1.807) is 10.4 Å². The molecule has 0 bridgehead atoms. The molecule has 1 aromatic rings. The molecule has 1 saturated heterocycles. The van der Waals surface area contributed by atoms with Crippen LogP contribution in [-0.2, 0) is 10.0 Å². The van der Waals surface area contributed by atoms with Crippen LogP contribution in [0.5, 0.6) is 0 Å². The highest BCUT2D eigenvalue weighted by atomic mass is 35.5. The van der Waals surface area contributed by atoms with Crippen molar-refractivity contribution in [3.63, 3.8) is 0 Å². The number of aryl methyl sites for hydroxylation is 2. The molecule has 0 N–H and O–H groups in total. The molecule has 1 heterocycles. The zero-order chi connectivity index (χ0) is 14.8. The summed E-state index contributed by atoms with van der Waals surface area (Å²) in [4.78, 5) is 0.454. The molecular weight excluding hydrogens is 294 g/mol. The lowest BCUT2D eigenvalue weighted by Gasteiger charge is -2.25. The van der Waals surface area contributed by atoms with Gasteiger partial charge >= 0.3 is 0 Å². The number of rotatable bonds is 5. The standard InChI is InChI=1S/C15H22ClNO2S/c1-12-7-8-13(2)15(11-12)20(18,19)17-10-4-6-14(17)5-3-9-16/h7-8,11,14H,3-6,9-10H2,1-2H3. The molecule has 5 heteroatoms. The first-order valence-corrected chi connectivity index (χ1v) is 9.09. The predicted molar refractivity (Wildman–Crippen MR) is 82.8 cm³/mol. The SMILES string of the molecule is Cc1ccc(C)c(S(=O)(=O)N2CCCC2CCCCl)c1. The summed E-state index contributed by atoms with van der Waals surface area (Å²) < 4.78 is 27.4. The average molecular weight is 316 g/mol. The Morgan fingerprint density at radius 3 is 2.80 bits per heavy atom. The van der Waals surface area contributed by atoms with Crippen LogP contribution >= 0.6 is 11.6 Å². The maximum Gasteiger partial charge on any atom is 0.243 e. The Morgan fingerprint density at radius 2 is 2.10 bits per heavy atom. The van der Waals surface area contributed by atoms with Gasteiger partial charge in [0.15, 0.2) is 0 Å².